The molecule has 9 heteroatoms. The third-order valence-electron chi connectivity index (χ3n) is 6.40. The average molecular weight is 499 g/mol. The third kappa shape index (κ3) is 5.16. The average Bonchev–Trinajstić information content (AvgIpc) is 3.12. The highest BCUT2D eigenvalue weighted by atomic mass is 16.5. The van der Waals surface area contributed by atoms with Crippen LogP contribution in [0.15, 0.2) is 30.3 Å². The zero-order valence-electron chi connectivity index (χ0n) is 21.9. The van der Waals surface area contributed by atoms with Gasteiger partial charge < -0.3 is 28.7 Å². The summed E-state index contributed by atoms with van der Waals surface area (Å²) >= 11 is 0. The van der Waals surface area contributed by atoms with Crippen LogP contribution in [0.1, 0.15) is 33.9 Å². The number of carbonyl (C=O) groups is 3. The molecule has 2 aromatic rings. The first-order valence-electron chi connectivity index (χ1n) is 11.7. The minimum atomic E-state index is -1.22. The van der Waals surface area contributed by atoms with Crippen LogP contribution in [0.4, 0.5) is 0 Å². The fraction of sp³-hybridized carbons (Fsp3) is 0.444. The molecular formula is C27H34N2O7. The maximum atomic E-state index is 13.8. The highest BCUT2D eigenvalue weighted by Crippen LogP contribution is 2.45. The van der Waals surface area contributed by atoms with E-state index in [4.69, 9.17) is 18.9 Å². The number of amides is 1. The lowest BCUT2D eigenvalue weighted by molar-refractivity contribution is -0.140. The molecule has 0 spiro atoms. The minimum absolute atomic E-state index is 0.315. The number of rotatable bonds is 11. The summed E-state index contributed by atoms with van der Waals surface area (Å²) in [5, 5.41) is 0. The maximum Gasteiger partial charge on any atom is 0.291 e. The van der Waals surface area contributed by atoms with Crippen molar-refractivity contribution in [3.05, 3.63) is 47.0 Å². The normalized spacial score (nSPS) is 17.5. The van der Waals surface area contributed by atoms with Crippen LogP contribution in [0.2, 0.25) is 0 Å². The molecule has 1 heterocycles. The Morgan fingerprint density at radius 3 is 2.03 bits per heavy atom. The molecule has 1 saturated heterocycles. The Bertz CT molecular complexity index is 1120. The molecule has 0 saturated carbocycles. The second kappa shape index (κ2) is 11.4. The largest absolute Gasteiger partial charge is 0.496 e. The molecule has 9 nitrogen and oxygen atoms in total. The van der Waals surface area contributed by atoms with E-state index in [1.165, 1.54) is 26.2 Å². The van der Waals surface area contributed by atoms with Crippen LogP contribution in [0.5, 0.6) is 23.0 Å². The molecule has 0 aliphatic carbocycles. The van der Waals surface area contributed by atoms with Gasteiger partial charge in [-0.25, -0.2) is 0 Å². The number of carbonyl (C=O) groups excluding carboxylic acids is 3. The molecule has 0 aromatic heterocycles. The lowest BCUT2D eigenvalue weighted by Gasteiger charge is -2.28. The number of hydrogen-bond donors (Lipinski definition) is 0. The first kappa shape index (κ1) is 27.0. The van der Waals surface area contributed by atoms with E-state index >= 15 is 0 Å². The summed E-state index contributed by atoms with van der Waals surface area (Å²) in [6.45, 7) is 2.85. The fourth-order valence-electron chi connectivity index (χ4n) is 4.64. The lowest BCUT2D eigenvalue weighted by atomic mass is 9.85. The molecular weight excluding hydrogens is 464 g/mol. The standard InChI is InChI=1S/C27H34N2O7/c1-16-13-17(9-10-19(16)33-4)24(30)22-23(29(27(32)25(22)31)12-8-11-28(2)3)18-14-20(34-5)26(36-7)21(15-18)35-6/h9-10,13-15,22-23H,8,11-12H2,1-7H3. The van der Waals surface area contributed by atoms with Gasteiger partial charge in [-0.1, -0.05) is 0 Å². The Hall–Kier alpha value is -3.59. The number of aryl methyl sites for hydroxylation is 1. The van der Waals surface area contributed by atoms with Gasteiger partial charge in [0.05, 0.1) is 34.5 Å². The van der Waals surface area contributed by atoms with Gasteiger partial charge in [-0.3, -0.25) is 14.4 Å². The number of nitrogens with zero attached hydrogens (tertiary/aromatic N) is 2. The van der Waals surface area contributed by atoms with E-state index in [0.717, 1.165) is 12.1 Å². The van der Waals surface area contributed by atoms with Crippen LogP contribution in [-0.2, 0) is 9.59 Å². The molecule has 0 bridgehead atoms. The molecule has 194 valence electrons. The van der Waals surface area contributed by atoms with E-state index < -0.39 is 29.4 Å². The highest BCUT2D eigenvalue weighted by molar-refractivity contribution is 6.44. The number of hydrogen-bond acceptors (Lipinski definition) is 8. The van der Waals surface area contributed by atoms with E-state index in [-0.39, 0.29) is 0 Å². The first-order valence-corrected chi connectivity index (χ1v) is 11.7. The molecule has 0 N–H and O–H groups in total. The van der Waals surface area contributed by atoms with Crippen molar-refractivity contribution in [3.8, 4) is 23.0 Å². The van der Waals surface area contributed by atoms with E-state index in [1.807, 2.05) is 25.9 Å². The van der Waals surface area contributed by atoms with Gasteiger partial charge in [-0.15, -0.1) is 0 Å². The summed E-state index contributed by atoms with van der Waals surface area (Å²) in [7, 11) is 9.90. The van der Waals surface area contributed by atoms with Crippen LogP contribution in [0, 0.1) is 12.8 Å². The van der Waals surface area contributed by atoms with Crippen LogP contribution >= 0.6 is 0 Å². The summed E-state index contributed by atoms with van der Waals surface area (Å²) in [5.74, 6) is -1.27. The van der Waals surface area contributed by atoms with E-state index in [9.17, 15) is 14.4 Å². The van der Waals surface area contributed by atoms with Crippen molar-refractivity contribution in [1.82, 2.24) is 9.80 Å². The Labute approximate surface area is 211 Å². The Morgan fingerprint density at radius 1 is 0.917 bits per heavy atom. The van der Waals surface area contributed by atoms with Gasteiger partial charge in [0.15, 0.2) is 17.3 Å². The molecule has 2 unspecified atom stereocenters. The van der Waals surface area contributed by atoms with Gasteiger partial charge in [0.25, 0.3) is 5.91 Å². The summed E-state index contributed by atoms with van der Waals surface area (Å²) in [4.78, 5) is 43.8. The first-order chi connectivity index (χ1) is 17.2. The van der Waals surface area contributed by atoms with Crippen molar-refractivity contribution in [2.45, 2.75) is 19.4 Å². The quantitative estimate of drug-likeness (QED) is 0.265. The molecule has 1 amide bonds. The van der Waals surface area contributed by atoms with Gasteiger partial charge in [-0.05, 0) is 75.4 Å². The molecule has 0 radical (unpaired) electrons. The van der Waals surface area contributed by atoms with Crippen molar-refractivity contribution >= 4 is 17.5 Å². The molecule has 1 aliphatic heterocycles. The van der Waals surface area contributed by atoms with Crippen molar-refractivity contribution in [2.75, 3.05) is 55.6 Å². The summed E-state index contributed by atoms with van der Waals surface area (Å²) in [6.07, 6.45) is 0.634. The number of likely N-dealkylation sites (tertiary alicyclic amines) is 1. The molecule has 36 heavy (non-hydrogen) atoms. The number of ketones is 2. The summed E-state index contributed by atoms with van der Waals surface area (Å²) < 4.78 is 21.7. The van der Waals surface area contributed by atoms with Gasteiger partial charge in [0.2, 0.25) is 11.5 Å². The lowest BCUT2D eigenvalue weighted by Crippen LogP contribution is -2.33. The van der Waals surface area contributed by atoms with Gasteiger partial charge in [0, 0.05) is 12.1 Å². The maximum absolute atomic E-state index is 13.8. The van der Waals surface area contributed by atoms with E-state index in [1.54, 1.807) is 37.4 Å². The van der Waals surface area contributed by atoms with Gasteiger partial charge >= 0.3 is 0 Å². The zero-order chi connectivity index (χ0) is 26.6. The molecule has 3 rings (SSSR count). The second-order valence-corrected chi connectivity index (χ2v) is 8.95. The number of benzene rings is 2. The molecule has 1 aliphatic rings. The minimum Gasteiger partial charge on any atom is -0.496 e. The van der Waals surface area contributed by atoms with Crippen LogP contribution < -0.4 is 18.9 Å². The van der Waals surface area contributed by atoms with Gasteiger partial charge in [-0.2, -0.15) is 0 Å². The van der Waals surface area contributed by atoms with Crippen molar-refractivity contribution in [1.29, 1.82) is 0 Å². The highest BCUT2D eigenvalue weighted by Gasteiger charge is 2.51. The third-order valence-corrected chi connectivity index (χ3v) is 6.40. The second-order valence-electron chi connectivity index (χ2n) is 8.95. The van der Waals surface area contributed by atoms with Crippen molar-refractivity contribution in [2.24, 2.45) is 5.92 Å². The Kier molecular flexibility index (Phi) is 8.57. The molecule has 1 fully saturated rings. The number of Topliss-reactive ketones (excluding diaryl/α,β-unsaturated/α-hetero) is 2. The Balaban J connectivity index is 2.14. The number of ether oxygens (including phenoxy) is 4. The summed E-state index contributed by atoms with van der Waals surface area (Å²) in [5.41, 5.74) is 1.65. The van der Waals surface area contributed by atoms with E-state index in [2.05, 4.69) is 0 Å². The number of methoxy groups -OCH3 is 4. The fourth-order valence-corrected chi connectivity index (χ4v) is 4.64. The van der Waals surface area contributed by atoms with Crippen molar-refractivity contribution < 1.29 is 33.3 Å². The SMILES string of the molecule is COc1ccc(C(=O)C2C(=O)C(=O)N(CCCN(C)C)C2c2cc(OC)c(OC)c(OC)c2)cc1C. The van der Waals surface area contributed by atoms with Crippen LogP contribution in [0.3, 0.4) is 0 Å². The van der Waals surface area contributed by atoms with E-state index in [0.29, 0.717) is 47.1 Å². The topological polar surface area (TPSA) is 94.6 Å². The van der Waals surface area contributed by atoms with Crippen molar-refractivity contribution in [3.63, 3.8) is 0 Å². The van der Waals surface area contributed by atoms with Gasteiger partial charge in [0.1, 0.15) is 11.7 Å². The van der Waals surface area contributed by atoms with Crippen LogP contribution in [-0.4, -0.2) is 82.9 Å². The monoisotopic (exact) mass is 498 g/mol. The molecule has 2 atom stereocenters. The smallest absolute Gasteiger partial charge is 0.291 e. The Morgan fingerprint density at radius 2 is 1.53 bits per heavy atom. The zero-order valence-corrected chi connectivity index (χ0v) is 21.9. The predicted octanol–water partition coefficient (Wildman–Crippen LogP) is 2.93. The van der Waals surface area contributed by atoms with Crippen LogP contribution in [0.25, 0.3) is 0 Å². The summed E-state index contributed by atoms with van der Waals surface area (Å²) in [6, 6.07) is 7.54. The molecule has 2 aromatic carbocycles. The predicted molar refractivity (Wildman–Crippen MR) is 134 cm³/mol.